The molecule has 0 fully saturated rings. The van der Waals surface area contributed by atoms with E-state index in [1.54, 1.807) is 21.0 Å². The number of aliphatic hydroxyl groups is 1. The minimum Gasteiger partial charge on any atom is -0.392 e. The van der Waals surface area contributed by atoms with Gasteiger partial charge in [-0.05, 0) is 6.92 Å². The molecule has 0 aromatic rings. The van der Waals surface area contributed by atoms with Gasteiger partial charge in [0.25, 0.3) is 0 Å². The zero-order valence-electron chi connectivity index (χ0n) is 7.09. The van der Waals surface area contributed by atoms with Crippen LogP contribution in [0.25, 0.3) is 0 Å². The number of hydrazine groups is 1. The van der Waals surface area contributed by atoms with E-state index in [9.17, 15) is 4.79 Å². The second-order valence-corrected chi connectivity index (χ2v) is 2.57. The van der Waals surface area contributed by atoms with Crippen LogP contribution in [0.4, 0.5) is 4.79 Å². The summed E-state index contributed by atoms with van der Waals surface area (Å²) in [6, 6.07) is -0.309. The van der Waals surface area contributed by atoms with Gasteiger partial charge in [0.15, 0.2) is 0 Å². The molecule has 0 aromatic heterocycles. The highest BCUT2D eigenvalue weighted by Gasteiger charge is 2.01. The first kappa shape index (κ1) is 10.2. The number of hydrogen-bond donors (Lipinski definition) is 3. The molecule has 5 nitrogen and oxygen atoms in total. The van der Waals surface area contributed by atoms with Gasteiger partial charge in [0, 0.05) is 20.6 Å². The molecule has 0 aliphatic heterocycles. The fourth-order valence-corrected chi connectivity index (χ4v) is 0.483. The SMILES string of the molecule is CC(O)CNC(=O)NN(C)C. The molecule has 5 heteroatoms. The monoisotopic (exact) mass is 161 g/mol. The number of nitrogens with one attached hydrogen (secondary N) is 2. The average Bonchev–Trinajstić information content (AvgIpc) is 1.82. The smallest absolute Gasteiger partial charge is 0.329 e. The van der Waals surface area contributed by atoms with Gasteiger partial charge in [-0.2, -0.15) is 0 Å². The van der Waals surface area contributed by atoms with Crippen molar-refractivity contribution >= 4 is 6.03 Å². The highest BCUT2D eigenvalue weighted by Crippen LogP contribution is 1.74. The maximum atomic E-state index is 10.8. The lowest BCUT2D eigenvalue weighted by Gasteiger charge is -2.13. The molecular weight excluding hydrogens is 146 g/mol. The van der Waals surface area contributed by atoms with E-state index in [1.165, 1.54) is 5.01 Å². The van der Waals surface area contributed by atoms with Crippen LogP contribution >= 0.6 is 0 Å². The second kappa shape index (κ2) is 4.92. The van der Waals surface area contributed by atoms with Gasteiger partial charge in [0.2, 0.25) is 0 Å². The van der Waals surface area contributed by atoms with Crippen LogP contribution in [0.15, 0.2) is 0 Å². The fraction of sp³-hybridized carbons (Fsp3) is 0.833. The predicted octanol–water partition coefficient (Wildman–Crippen LogP) is -0.857. The molecule has 0 aliphatic rings. The summed E-state index contributed by atoms with van der Waals surface area (Å²) in [7, 11) is 3.42. The summed E-state index contributed by atoms with van der Waals surface area (Å²) in [6.45, 7) is 1.87. The number of urea groups is 1. The Bertz CT molecular complexity index is 125. The van der Waals surface area contributed by atoms with Crippen molar-refractivity contribution in [2.45, 2.75) is 13.0 Å². The highest BCUT2D eigenvalue weighted by molar-refractivity contribution is 5.73. The topological polar surface area (TPSA) is 64.6 Å². The number of amides is 2. The zero-order valence-corrected chi connectivity index (χ0v) is 7.09. The van der Waals surface area contributed by atoms with E-state index in [2.05, 4.69) is 10.7 Å². The van der Waals surface area contributed by atoms with Crippen LogP contribution in [0.3, 0.4) is 0 Å². The third-order valence-electron chi connectivity index (χ3n) is 0.883. The molecular formula is C6H15N3O2. The minimum atomic E-state index is -0.511. The van der Waals surface area contributed by atoms with Crippen molar-refractivity contribution in [3.8, 4) is 0 Å². The number of carbonyl (C=O) groups is 1. The Morgan fingerprint density at radius 1 is 1.64 bits per heavy atom. The Morgan fingerprint density at radius 2 is 2.18 bits per heavy atom. The molecule has 1 atom stereocenters. The van der Waals surface area contributed by atoms with Crippen molar-refractivity contribution in [1.82, 2.24) is 15.8 Å². The molecule has 0 aliphatic carbocycles. The number of nitrogens with zero attached hydrogens (tertiary/aromatic N) is 1. The van der Waals surface area contributed by atoms with Crippen LogP contribution in [0.1, 0.15) is 6.92 Å². The lowest BCUT2D eigenvalue weighted by Crippen LogP contribution is -2.45. The Labute approximate surface area is 66.3 Å². The van der Waals surface area contributed by atoms with Crippen molar-refractivity contribution in [2.24, 2.45) is 0 Å². The molecule has 0 spiro atoms. The largest absolute Gasteiger partial charge is 0.392 e. The molecule has 3 N–H and O–H groups in total. The number of carbonyl (C=O) groups excluding carboxylic acids is 1. The summed E-state index contributed by atoms with van der Waals surface area (Å²) in [5, 5.41) is 12.8. The van der Waals surface area contributed by atoms with E-state index >= 15 is 0 Å². The number of aliphatic hydroxyl groups excluding tert-OH is 1. The van der Waals surface area contributed by atoms with Gasteiger partial charge >= 0.3 is 6.03 Å². The van der Waals surface area contributed by atoms with Crippen LogP contribution in [-0.2, 0) is 0 Å². The first-order valence-corrected chi connectivity index (χ1v) is 3.42. The molecule has 2 amide bonds. The quantitative estimate of drug-likeness (QED) is 0.472. The Morgan fingerprint density at radius 3 is 2.55 bits per heavy atom. The molecule has 0 rings (SSSR count). The zero-order chi connectivity index (χ0) is 8.85. The molecule has 0 aromatic carbocycles. The third kappa shape index (κ3) is 7.08. The average molecular weight is 161 g/mol. The standard InChI is InChI=1S/C6H15N3O2/c1-5(10)4-7-6(11)8-9(2)3/h5,10H,4H2,1-3H3,(H2,7,8,11). The van der Waals surface area contributed by atoms with E-state index in [1.807, 2.05) is 0 Å². The lowest BCUT2D eigenvalue weighted by molar-refractivity contribution is 0.179. The van der Waals surface area contributed by atoms with Crippen molar-refractivity contribution in [3.63, 3.8) is 0 Å². The lowest BCUT2D eigenvalue weighted by atomic mass is 10.4. The van der Waals surface area contributed by atoms with Gasteiger partial charge in [-0.1, -0.05) is 0 Å². The fourth-order valence-electron chi connectivity index (χ4n) is 0.483. The molecule has 0 saturated heterocycles. The third-order valence-corrected chi connectivity index (χ3v) is 0.883. The van der Waals surface area contributed by atoms with E-state index < -0.39 is 6.10 Å². The first-order chi connectivity index (χ1) is 5.02. The molecule has 0 heterocycles. The summed E-state index contributed by atoms with van der Waals surface area (Å²) < 4.78 is 0. The highest BCUT2D eigenvalue weighted by atomic mass is 16.3. The summed E-state index contributed by atoms with van der Waals surface area (Å²) >= 11 is 0. The van der Waals surface area contributed by atoms with Crippen LogP contribution < -0.4 is 10.7 Å². The van der Waals surface area contributed by atoms with Gasteiger partial charge in [-0.15, -0.1) is 0 Å². The van der Waals surface area contributed by atoms with E-state index in [4.69, 9.17) is 5.11 Å². The Kier molecular flexibility index (Phi) is 4.56. The normalized spacial score (nSPS) is 12.8. The van der Waals surface area contributed by atoms with E-state index in [0.29, 0.717) is 0 Å². The van der Waals surface area contributed by atoms with Crippen LogP contribution in [0.5, 0.6) is 0 Å². The van der Waals surface area contributed by atoms with Crippen molar-refractivity contribution in [1.29, 1.82) is 0 Å². The van der Waals surface area contributed by atoms with Crippen LogP contribution in [-0.4, -0.2) is 42.9 Å². The van der Waals surface area contributed by atoms with Crippen molar-refractivity contribution < 1.29 is 9.90 Å². The van der Waals surface area contributed by atoms with Gasteiger partial charge in [-0.25, -0.2) is 9.80 Å². The number of rotatable bonds is 3. The summed E-state index contributed by atoms with van der Waals surface area (Å²) in [5.74, 6) is 0. The molecule has 0 saturated carbocycles. The summed E-state index contributed by atoms with van der Waals surface area (Å²) in [4.78, 5) is 10.8. The molecule has 11 heavy (non-hydrogen) atoms. The summed E-state index contributed by atoms with van der Waals surface area (Å²) in [6.07, 6.45) is -0.511. The van der Waals surface area contributed by atoms with Gasteiger partial charge < -0.3 is 10.4 Å². The first-order valence-electron chi connectivity index (χ1n) is 3.42. The Balaban J connectivity index is 3.38. The molecule has 0 radical (unpaired) electrons. The molecule has 0 bridgehead atoms. The van der Waals surface area contributed by atoms with Gasteiger partial charge in [0.1, 0.15) is 0 Å². The van der Waals surface area contributed by atoms with Crippen LogP contribution in [0.2, 0.25) is 0 Å². The van der Waals surface area contributed by atoms with Gasteiger partial charge in [0.05, 0.1) is 6.10 Å². The summed E-state index contributed by atoms with van der Waals surface area (Å²) in [5.41, 5.74) is 2.47. The van der Waals surface area contributed by atoms with Crippen molar-refractivity contribution in [2.75, 3.05) is 20.6 Å². The van der Waals surface area contributed by atoms with E-state index in [0.717, 1.165) is 0 Å². The Hall–Kier alpha value is -0.810. The second-order valence-electron chi connectivity index (χ2n) is 2.57. The maximum absolute atomic E-state index is 10.8. The van der Waals surface area contributed by atoms with Crippen LogP contribution in [0, 0.1) is 0 Å². The molecule has 1 unspecified atom stereocenters. The molecule has 66 valence electrons. The van der Waals surface area contributed by atoms with E-state index in [-0.39, 0.29) is 12.6 Å². The maximum Gasteiger partial charge on any atom is 0.329 e. The number of hydrogen-bond acceptors (Lipinski definition) is 3. The van der Waals surface area contributed by atoms with Crippen molar-refractivity contribution in [3.05, 3.63) is 0 Å². The predicted molar refractivity (Wildman–Crippen MR) is 41.9 cm³/mol. The van der Waals surface area contributed by atoms with Gasteiger partial charge in [-0.3, -0.25) is 5.43 Å². The minimum absolute atomic E-state index is 0.264.